The van der Waals surface area contributed by atoms with Gasteiger partial charge in [-0.15, -0.1) is 5.10 Å². The number of aromatic nitrogens is 5. The number of nitrogens with zero attached hydrogens (tertiary/aromatic N) is 6. The Labute approximate surface area is 198 Å². The standard InChI is InChI=1S/C21H17F6N7S/c1-3-12-15(20(22,23)24)18(28)31-19(30-12)34(4-2)14-7-8-29-13-9-10(5-6-11(13)14)16-17(21(25,26)27)35-33-32-16/h5-9H,3-4H2,1-2H3,(H2,28,30,31). The molecule has 0 bridgehead atoms. The monoisotopic (exact) mass is 513 g/mol. The first-order valence-corrected chi connectivity index (χ1v) is 11.0. The fourth-order valence-corrected chi connectivity index (χ4v) is 4.25. The summed E-state index contributed by atoms with van der Waals surface area (Å²) in [6.07, 6.45) is -7.90. The number of hydrogen-bond donors (Lipinski definition) is 1. The predicted octanol–water partition coefficient (Wildman–Crippen LogP) is 5.88. The molecule has 0 saturated heterocycles. The molecule has 0 aliphatic rings. The smallest absolute Gasteiger partial charge is 0.383 e. The Balaban J connectivity index is 1.83. The van der Waals surface area contributed by atoms with Gasteiger partial charge in [-0.2, -0.15) is 31.3 Å². The first-order chi connectivity index (χ1) is 16.5. The van der Waals surface area contributed by atoms with Gasteiger partial charge in [0.05, 0.1) is 16.9 Å². The molecule has 3 heterocycles. The molecule has 0 spiro atoms. The Hall–Kier alpha value is -3.55. The molecule has 7 nitrogen and oxygen atoms in total. The van der Waals surface area contributed by atoms with Crippen molar-refractivity contribution in [2.75, 3.05) is 17.2 Å². The van der Waals surface area contributed by atoms with Crippen LogP contribution >= 0.6 is 11.5 Å². The Morgan fingerprint density at radius 1 is 1.00 bits per heavy atom. The van der Waals surface area contributed by atoms with Crippen molar-refractivity contribution < 1.29 is 26.3 Å². The molecule has 0 radical (unpaired) electrons. The Morgan fingerprint density at radius 3 is 2.37 bits per heavy atom. The zero-order valence-electron chi connectivity index (χ0n) is 18.2. The van der Waals surface area contributed by atoms with E-state index in [0.717, 1.165) is 0 Å². The summed E-state index contributed by atoms with van der Waals surface area (Å²) in [5, 5.41) is 4.15. The molecule has 184 valence electrons. The minimum Gasteiger partial charge on any atom is -0.383 e. The molecule has 0 aliphatic heterocycles. The van der Waals surface area contributed by atoms with Crippen LogP contribution in [0.15, 0.2) is 30.5 Å². The largest absolute Gasteiger partial charge is 0.429 e. The van der Waals surface area contributed by atoms with Gasteiger partial charge in [-0.05, 0) is 37.0 Å². The fourth-order valence-electron chi connectivity index (χ4n) is 3.70. The topological polar surface area (TPSA) is 93.7 Å². The number of nitrogen functional groups attached to an aromatic ring is 1. The minimum atomic E-state index is -4.70. The summed E-state index contributed by atoms with van der Waals surface area (Å²) < 4.78 is 83.6. The van der Waals surface area contributed by atoms with Crippen LogP contribution in [0.1, 0.15) is 30.0 Å². The summed E-state index contributed by atoms with van der Waals surface area (Å²) in [6.45, 7) is 3.55. The van der Waals surface area contributed by atoms with Crippen molar-refractivity contribution in [3.63, 3.8) is 0 Å². The summed E-state index contributed by atoms with van der Waals surface area (Å²) in [5.74, 6) is -0.719. The first-order valence-electron chi connectivity index (χ1n) is 10.3. The van der Waals surface area contributed by atoms with E-state index >= 15 is 0 Å². The van der Waals surface area contributed by atoms with Crippen LogP contribution in [0.5, 0.6) is 0 Å². The highest BCUT2D eigenvalue weighted by atomic mass is 32.1. The van der Waals surface area contributed by atoms with E-state index in [1.165, 1.54) is 25.3 Å². The van der Waals surface area contributed by atoms with E-state index in [9.17, 15) is 26.3 Å². The second kappa shape index (κ2) is 8.91. The van der Waals surface area contributed by atoms with E-state index in [-0.39, 0.29) is 47.4 Å². The molecular weight excluding hydrogens is 496 g/mol. The van der Waals surface area contributed by atoms with Gasteiger partial charge in [0.15, 0.2) is 4.88 Å². The van der Waals surface area contributed by atoms with Crippen molar-refractivity contribution in [2.45, 2.75) is 32.6 Å². The lowest BCUT2D eigenvalue weighted by atomic mass is 10.1. The molecule has 1 aromatic carbocycles. The van der Waals surface area contributed by atoms with Crippen molar-refractivity contribution >= 4 is 39.9 Å². The number of rotatable bonds is 5. The van der Waals surface area contributed by atoms with E-state index in [2.05, 4.69) is 24.5 Å². The van der Waals surface area contributed by atoms with Crippen LogP contribution in [0.3, 0.4) is 0 Å². The van der Waals surface area contributed by atoms with E-state index in [0.29, 0.717) is 16.6 Å². The maximum Gasteiger partial charge on any atom is 0.429 e. The summed E-state index contributed by atoms with van der Waals surface area (Å²) in [6, 6.07) is 6.06. The number of alkyl halides is 6. The van der Waals surface area contributed by atoms with Gasteiger partial charge < -0.3 is 10.6 Å². The van der Waals surface area contributed by atoms with E-state index < -0.39 is 28.6 Å². The van der Waals surface area contributed by atoms with Crippen molar-refractivity contribution in [2.24, 2.45) is 0 Å². The van der Waals surface area contributed by atoms with Gasteiger partial charge >= 0.3 is 12.4 Å². The first kappa shape index (κ1) is 24.6. The average Bonchev–Trinajstić information content (AvgIpc) is 3.29. The number of nitrogens with two attached hydrogens (primary N) is 1. The molecule has 0 aliphatic carbocycles. The third-order valence-corrected chi connectivity index (χ3v) is 5.98. The zero-order chi connectivity index (χ0) is 25.5. The molecule has 4 aromatic rings. The van der Waals surface area contributed by atoms with Crippen molar-refractivity contribution in [3.05, 3.63) is 46.6 Å². The summed E-state index contributed by atoms with van der Waals surface area (Å²) >= 11 is 0.250. The second-order valence-corrected chi connectivity index (χ2v) is 8.09. The number of anilines is 3. The third kappa shape index (κ3) is 4.57. The highest BCUT2D eigenvalue weighted by Crippen LogP contribution is 2.40. The van der Waals surface area contributed by atoms with Gasteiger partial charge in [0.25, 0.3) is 0 Å². The van der Waals surface area contributed by atoms with Gasteiger partial charge in [0.1, 0.15) is 17.1 Å². The second-order valence-electron chi connectivity index (χ2n) is 7.34. The number of fused-ring (bicyclic) bond motifs is 1. The van der Waals surface area contributed by atoms with E-state index in [4.69, 9.17) is 5.73 Å². The third-order valence-electron chi connectivity index (χ3n) is 5.21. The number of hydrogen-bond acceptors (Lipinski definition) is 8. The molecule has 0 unspecified atom stereocenters. The van der Waals surface area contributed by atoms with Crippen molar-refractivity contribution in [1.82, 2.24) is 24.5 Å². The molecule has 3 aromatic heterocycles. The highest BCUT2D eigenvalue weighted by molar-refractivity contribution is 7.06. The van der Waals surface area contributed by atoms with E-state index in [1.807, 2.05) is 0 Å². The van der Waals surface area contributed by atoms with Crippen LogP contribution in [0.4, 0.5) is 43.8 Å². The lowest BCUT2D eigenvalue weighted by Crippen LogP contribution is -2.23. The summed E-state index contributed by atoms with van der Waals surface area (Å²) in [4.78, 5) is 12.9. The number of aryl methyl sites for hydroxylation is 1. The van der Waals surface area contributed by atoms with Gasteiger partial charge in [-0.25, -0.2) is 4.98 Å². The number of pyridine rings is 1. The molecular formula is C21H17F6N7S. The van der Waals surface area contributed by atoms with Crippen LogP contribution in [0.2, 0.25) is 0 Å². The Kier molecular flexibility index (Phi) is 6.25. The van der Waals surface area contributed by atoms with E-state index in [1.54, 1.807) is 24.0 Å². The van der Waals surface area contributed by atoms with Crippen molar-refractivity contribution in [3.8, 4) is 11.3 Å². The molecule has 0 saturated carbocycles. The minimum absolute atomic E-state index is 0.0181. The molecule has 35 heavy (non-hydrogen) atoms. The molecule has 0 amide bonds. The SMILES string of the molecule is CCc1nc(N(CC)c2ccnc3cc(-c4nnsc4C(F)(F)F)ccc23)nc(N)c1C(F)(F)F. The highest BCUT2D eigenvalue weighted by Gasteiger charge is 2.38. The summed E-state index contributed by atoms with van der Waals surface area (Å²) in [5.41, 5.74) is 5.07. The predicted molar refractivity (Wildman–Crippen MR) is 119 cm³/mol. The summed E-state index contributed by atoms with van der Waals surface area (Å²) in [7, 11) is 0. The Morgan fingerprint density at radius 2 is 1.74 bits per heavy atom. The zero-order valence-corrected chi connectivity index (χ0v) is 19.1. The van der Waals surface area contributed by atoms with Crippen LogP contribution < -0.4 is 10.6 Å². The van der Waals surface area contributed by atoms with Gasteiger partial charge in [-0.1, -0.05) is 23.5 Å². The van der Waals surface area contributed by atoms with Gasteiger partial charge in [0, 0.05) is 23.7 Å². The van der Waals surface area contributed by atoms with Gasteiger partial charge in [0.2, 0.25) is 5.95 Å². The maximum absolute atomic E-state index is 13.4. The molecule has 4 rings (SSSR count). The van der Waals surface area contributed by atoms with Crippen LogP contribution in [0.25, 0.3) is 22.2 Å². The van der Waals surface area contributed by atoms with Crippen LogP contribution in [0, 0.1) is 0 Å². The van der Waals surface area contributed by atoms with Crippen LogP contribution in [-0.4, -0.2) is 31.1 Å². The molecule has 2 N–H and O–H groups in total. The van der Waals surface area contributed by atoms with Crippen molar-refractivity contribution in [1.29, 1.82) is 0 Å². The maximum atomic E-state index is 13.4. The Bertz CT molecular complexity index is 1380. The quantitative estimate of drug-likeness (QED) is 0.333. The van der Waals surface area contributed by atoms with Crippen LogP contribution in [-0.2, 0) is 18.8 Å². The average molecular weight is 513 g/mol. The fraction of sp³-hybridized carbons (Fsp3) is 0.286. The number of benzene rings is 1. The normalized spacial score (nSPS) is 12.3. The van der Waals surface area contributed by atoms with Gasteiger partial charge in [-0.3, -0.25) is 4.98 Å². The lowest BCUT2D eigenvalue weighted by Gasteiger charge is -2.24. The lowest BCUT2D eigenvalue weighted by molar-refractivity contribution is -0.138. The molecule has 14 heteroatoms. The molecule has 0 atom stereocenters. The molecule has 0 fully saturated rings. The number of halogens is 6.